The normalized spacial score (nSPS) is 22.2. The van der Waals surface area contributed by atoms with Gasteiger partial charge in [0, 0.05) is 24.0 Å². The van der Waals surface area contributed by atoms with Gasteiger partial charge in [0.15, 0.2) is 0 Å². The van der Waals surface area contributed by atoms with Gasteiger partial charge in [0.2, 0.25) is 0 Å². The molecule has 1 aliphatic carbocycles. The molecule has 4 rings (SSSR count). The van der Waals surface area contributed by atoms with E-state index in [0.717, 1.165) is 34.7 Å². The monoisotopic (exact) mass is 296 g/mol. The van der Waals surface area contributed by atoms with Gasteiger partial charge < -0.3 is 10.3 Å². The van der Waals surface area contributed by atoms with Crippen LogP contribution in [0.4, 0.5) is 0 Å². The molecule has 2 N–H and O–H groups in total. The highest BCUT2D eigenvalue weighted by atomic mass is 15.4. The predicted molar refractivity (Wildman–Crippen MR) is 85.5 cm³/mol. The van der Waals surface area contributed by atoms with Crippen molar-refractivity contribution in [1.29, 1.82) is 0 Å². The van der Waals surface area contributed by atoms with Gasteiger partial charge in [-0.2, -0.15) is 0 Å². The van der Waals surface area contributed by atoms with Crippen LogP contribution >= 0.6 is 0 Å². The van der Waals surface area contributed by atoms with Crippen molar-refractivity contribution in [2.24, 2.45) is 5.92 Å². The van der Waals surface area contributed by atoms with Crippen LogP contribution in [0.5, 0.6) is 0 Å². The molecule has 0 saturated heterocycles. The van der Waals surface area contributed by atoms with Crippen LogP contribution in [0.3, 0.4) is 0 Å². The quantitative estimate of drug-likeness (QED) is 0.776. The number of H-pyrrole nitrogens is 1. The highest BCUT2D eigenvalue weighted by Gasteiger charge is 2.26. The Morgan fingerprint density at radius 1 is 1.36 bits per heavy atom. The summed E-state index contributed by atoms with van der Waals surface area (Å²) in [5.41, 5.74) is 3.14. The summed E-state index contributed by atoms with van der Waals surface area (Å²) in [5, 5.41) is 13.1. The number of aromatic nitrogens is 5. The highest BCUT2D eigenvalue weighted by molar-refractivity contribution is 5.92. The molecule has 3 aromatic heterocycles. The van der Waals surface area contributed by atoms with Gasteiger partial charge in [0.1, 0.15) is 17.5 Å². The second kappa shape index (κ2) is 5.44. The Balaban J connectivity index is 1.62. The molecule has 0 bridgehead atoms. The van der Waals surface area contributed by atoms with Gasteiger partial charge in [0.05, 0.1) is 5.69 Å². The van der Waals surface area contributed by atoms with Crippen LogP contribution in [-0.4, -0.2) is 31.3 Å². The predicted octanol–water partition coefficient (Wildman–Crippen LogP) is 2.61. The second-order valence-electron chi connectivity index (χ2n) is 6.08. The Kier molecular flexibility index (Phi) is 3.29. The van der Waals surface area contributed by atoms with Crippen LogP contribution in [0.2, 0.25) is 0 Å². The summed E-state index contributed by atoms with van der Waals surface area (Å²) in [7, 11) is 0. The minimum Gasteiger partial charge on any atom is -0.391 e. The summed E-state index contributed by atoms with van der Waals surface area (Å²) in [6, 6.07) is 2.06. The summed E-state index contributed by atoms with van der Waals surface area (Å²) < 4.78 is 1.80. The van der Waals surface area contributed by atoms with E-state index >= 15 is 0 Å². The molecule has 1 saturated carbocycles. The number of aromatic amines is 1. The zero-order valence-corrected chi connectivity index (χ0v) is 12.5. The van der Waals surface area contributed by atoms with Gasteiger partial charge in [-0.25, -0.2) is 9.50 Å². The first kappa shape index (κ1) is 13.3. The van der Waals surface area contributed by atoms with Crippen molar-refractivity contribution in [3.8, 4) is 0 Å². The zero-order valence-electron chi connectivity index (χ0n) is 12.5. The van der Waals surface area contributed by atoms with E-state index in [1.54, 1.807) is 17.0 Å². The van der Waals surface area contributed by atoms with Gasteiger partial charge >= 0.3 is 0 Å². The molecular weight excluding hydrogens is 276 g/mol. The van der Waals surface area contributed by atoms with E-state index in [2.05, 4.69) is 38.2 Å². The largest absolute Gasteiger partial charge is 0.391 e. The lowest BCUT2D eigenvalue weighted by atomic mass is 9.80. The topological polar surface area (TPSA) is 70.9 Å². The van der Waals surface area contributed by atoms with E-state index in [0.29, 0.717) is 5.92 Å². The minimum atomic E-state index is 0.498. The fourth-order valence-electron chi connectivity index (χ4n) is 3.58. The lowest BCUT2D eigenvalue weighted by molar-refractivity contribution is 0.320. The van der Waals surface area contributed by atoms with Crippen LogP contribution in [0, 0.1) is 5.92 Å². The van der Waals surface area contributed by atoms with Gasteiger partial charge in [-0.15, -0.1) is 5.10 Å². The molecular formula is C16H20N6. The smallest absolute Gasteiger partial charge is 0.141 e. The van der Waals surface area contributed by atoms with Crippen molar-refractivity contribution in [1.82, 2.24) is 30.1 Å². The zero-order chi connectivity index (χ0) is 14.9. The number of hydrogen-bond acceptors (Lipinski definition) is 4. The number of nitrogens with zero attached hydrogens (tertiary/aromatic N) is 4. The first-order valence-corrected chi connectivity index (χ1v) is 7.88. The van der Waals surface area contributed by atoms with Crippen LogP contribution in [0.25, 0.3) is 16.6 Å². The van der Waals surface area contributed by atoms with E-state index in [4.69, 9.17) is 0 Å². The minimum absolute atomic E-state index is 0.498. The Hall–Kier alpha value is -2.37. The third-order valence-corrected chi connectivity index (χ3v) is 4.78. The molecule has 6 heteroatoms. The SMILES string of the molecule is C=CNCC1CCC(c2nnn3cnc4[nH]ccc4c23)CC1. The van der Waals surface area contributed by atoms with Gasteiger partial charge in [-0.05, 0) is 43.9 Å². The molecule has 0 amide bonds. The number of nitrogens with one attached hydrogen (secondary N) is 2. The average Bonchev–Trinajstić information content (AvgIpc) is 3.19. The second-order valence-corrected chi connectivity index (χ2v) is 6.08. The summed E-state index contributed by atoms with van der Waals surface area (Å²) in [4.78, 5) is 7.53. The summed E-state index contributed by atoms with van der Waals surface area (Å²) >= 11 is 0. The molecule has 0 aromatic carbocycles. The highest BCUT2D eigenvalue weighted by Crippen LogP contribution is 2.37. The molecule has 0 atom stereocenters. The lowest BCUT2D eigenvalue weighted by Gasteiger charge is -2.27. The molecule has 6 nitrogen and oxygen atoms in total. The van der Waals surface area contributed by atoms with Crippen molar-refractivity contribution >= 4 is 16.6 Å². The number of rotatable bonds is 4. The molecule has 0 radical (unpaired) electrons. The summed E-state index contributed by atoms with van der Waals surface area (Å²) in [5.74, 6) is 1.24. The van der Waals surface area contributed by atoms with Crippen molar-refractivity contribution in [2.75, 3.05) is 6.54 Å². The third kappa shape index (κ3) is 2.15. The first-order chi connectivity index (χ1) is 10.9. The van der Waals surface area contributed by atoms with E-state index in [1.807, 2.05) is 6.20 Å². The van der Waals surface area contributed by atoms with Crippen molar-refractivity contribution < 1.29 is 0 Å². The molecule has 22 heavy (non-hydrogen) atoms. The van der Waals surface area contributed by atoms with E-state index < -0.39 is 0 Å². The number of fused-ring (bicyclic) bond motifs is 3. The maximum atomic E-state index is 4.46. The molecule has 3 aromatic rings. The Morgan fingerprint density at radius 3 is 3.05 bits per heavy atom. The molecule has 3 heterocycles. The van der Waals surface area contributed by atoms with Gasteiger partial charge in [0.25, 0.3) is 0 Å². The standard InChI is InChI=1S/C16H20N6/c1-2-17-9-11-3-5-12(6-4-11)14-15-13-7-8-18-16(13)19-10-22(15)21-20-14/h2,7-8,10-12,17-18H,1,3-6,9H2. The van der Waals surface area contributed by atoms with Crippen molar-refractivity contribution in [3.05, 3.63) is 37.1 Å². The molecule has 1 fully saturated rings. The van der Waals surface area contributed by atoms with Gasteiger partial charge in [-0.1, -0.05) is 11.8 Å². The number of hydrogen-bond donors (Lipinski definition) is 2. The summed E-state index contributed by atoms with van der Waals surface area (Å²) in [6.07, 6.45) is 10.3. The summed E-state index contributed by atoms with van der Waals surface area (Å²) in [6.45, 7) is 4.75. The maximum Gasteiger partial charge on any atom is 0.141 e. The molecule has 1 aliphatic rings. The van der Waals surface area contributed by atoms with Crippen LogP contribution < -0.4 is 5.32 Å². The first-order valence-electron chi connectivity index (χ1n) is 7.88. The molecule has 0 aliphatic heterocycles. The van der Waals surface area contributed by atoms with E-state index in [9.17, 15) is 0 Å². The maximum absolute atomic E-state index is 4.46. The molecule has 0 unspecified atom stereocenters. The van der Waals surface area contributed by atoms with Crippen LogP contribution in [-0.2, 0) is 0 Å². The van der Waals surface area contributed by atoms with E-state index in [1.165, 1.54) is 25.7 Å². The molecule has 0 spiro atoms. The third-order valence-electron chi connectivity index (χ3n) is 4.78. The Morgan fingerprint density at radius 2 is 2.23 bits per heavy atom. The van der Waals surface area contributed by atoms with Crippen LogP contribution in [0.15, 0.2) is 31.4 Å². The average molecular weight is 296 g/mol. The molecule has 114 valence electrons. The van der Waals surface area contributed by atoms with Crippen LogP contribution in [0.1, 0.15) is 37.3 Å². The van der Waals surface area contributed by atoms with Gasteiger partial charge in [-0.3, -0.25) is 0 Å². The Labute approximate surface area is 128 Å². The Bertz CT molecular complexity index is 793. The fourth-order valence-corrected chi connectivity index (χ4v) is 3.58. The van der Waals surface area contributed by atoms with Crippen molar-refractivity contribution in [2.45, 2.75) is 31.6 Å². The van der Waals surface area contributed by atoms with Crippen molar-refractivity contribution in [3.63, 3.8) is 0 Å². The fraction of sp³-hybridized carbons (Fsp3) is 0.438. The van der Waals surface area contributed by atoms with E-state index in [-0.39, 0.29) is 0 Å². The lowest BCUT2D eigenvalue weighted by Crippen LogP contribution is -2.22.